The van der Waals surface area contributed by atoms with E-state index in [-0.39, 0.29) is 5.75 Å². The molecule has 0 saturated heterocycles. The van der Waals surface area contributed by atoms with E-state index in [0.29, 0.717) is 0 Å². The number of phenolic OH excluding ortho intramolecular Hbond substituents is 1. The highest BCUT2D eigenvalue weighted by atomic mass is 16.5. The van der Waals surface area contributed by atoms with Gasteiger partial charge in [-0.25, -0.2) is 0 Å². The van der Waals surface area contributed by atoms with Crippen molar-refractivity contribution in [2.75, 3.05) is 12.0 Å². The minimum atomic E-state index is 0.274. The Labute approximate surface area is 130 Å². The van der Waals surface area contributed by atoms with Crippen LogP contribution in [0, 0.1) is 0 Å². The maximum absolute atomic E-state index is 9.53. The Kier molecular flexibility index (Phi) is 4.15. The second-order valence-electron chi connectivity index (χ2n) is 5.18. The van der Waals surface area contributed by atoms with E-state index in [4.69, 9.17) is 4.74 Å². The van der Waals surface area contributed by atoms with Crippen LogP contribution in [-0.2, 0) is 4.74 Å². The fraction of sp³-hybridized carbons (Fsp3) is 0.158. The number of para-hydroxylation sites is 1. The van der Waals surface area contributed by atoms with Crippen LogP contribution >= 0.6 is 0 Å². The lowest BCUT2D eigenvalue weighted by Crippen LogP contribution is -2.18. The van der Waals surface area contributed by atoms with Crippen molar-refractivity contribution in [3.8, 4) is 5.75 Å². The van der Waals surface area contributed by atoms with E-state index in [0.717, 1.165) is 30.0 Å². The number of phenols is 1. The molecule has 3 nitrogen and oxygen atoms in total. The van der Waals surface area contributed by atoms with Crippen molar-refractivity contribution in [3.63, 3.8) is 0 Å². The summed E-state index contributed by atoms with van der Waals surface area (Å²) in [6.07, 6.45) is 5.93. The number of anilines is 2. The van der Waals surface area contributed by atoms with Crippen LogP contribution < -0.4 is 4.90 Å². The Bertz CT molecular complexity index is 687. The summed E-state index contributed by atoms with van der Waals surface area (Å²) in [5, 5.41) is 9.53. The van der Waals surface area contributed by atoms with Crippen molar-refractivity contribution < 1.29 is 9.84 Å². The maximum atomic E-state index is 9.53. The van der Waals surface area contributed by atoms with Crippen molar-refractivity contribution in [2.45, 2.75) is 12.8 Å². The molecule has 0 bridgehead atoms. The van der Waals surface area contributed by atoms with E-state index in [1.54, 1.807) is 19.2 Å². The topological polar surface area (TPSA) is 32.7 Å². The van der Waals surface area contributed by atoms with E-state index in [1.165, 1.54) is 5.70 Å². The molecule has 2 aromatic rings. The molecule has 22 heavy (non-hydrogen) atoms. The van der Waals surface area contributed by atoms with E-state index in [2.05, 4.69) is 23.1 Å². The van der Waals surface area contributed by atoms with Crippen LogP contribution in [0.2, 0.25) is 0 Å². The summed E-state index contributed by atoms with van der Waals surface area (Å²) in [4.78, 5) is 2.21. The monoisotopic (exact) mass is 293 g/mol. The van der Waals surface area contributed by atoms with Gasteiger partial charge in [0.2, 0.25) is 0 Å². The first-order chi connectivity index (χ1) is 10.8. The zero-order valence-electron chi connectivity index (χ0n) is 12.6. The molecular weight excluding hydrogens is 274 g/mol. The number of benzene rings is 2. The number of hydrogen-bond donors (Lipinski definition) is 1. The molecule has 0 unspecified atom stereocenters. The Morgan fingerprint density at radius 2 is 1.55 bits per heavy atom. The highest BCUT2D eigenvalue weighted by Gasteiger charge is 2.17. The molecule has 1 aliphatic carbocycles. The number of methoxy groups -OCH3 is 1. The van der Waals surface area contributed by atoms with E-state index >= 15 is 0 Å². The SMILES string of the molecule is COC1=CC=C(N(c2ccccc2)c2ccc(O)cc2)CC1. The van der Waals surface area contributed by atoms with Crippen LogP contribution in [-0.4, -0.2) is 12.2 Å². The van der Waals surface area contributed by atoms with Gasteiger partial charge in [0.1, 0.15) is 5.75 Å². The Balaban J connectivity index is 2.02. The van der Waals surface area contributed by atoms with Gasteiger partial charge in [-0.05, 0) is 55.0 Å². The molecule has 0 atom stereocenters. The first-order valence-corrected chi connectivity index (χ1v) is 7.36. The molecule has 0 amide bonds. The van der Waals surface area contributed by atoms with Gasteiger partial charge in [0.25, 0.3) is 0 Å². The van der Waals surface area contributed by atoms with Gasteiger partial charge in [-0.15, -0.1) is 0 Å². The van der Waals surface area contributed by atoms with Gasteiger partial charge in [-0.2, -0.15) is 0 Å². The minimum absolute atomic E-state index is 0.274. The average molecular weight is 293 g/mol. The number of ether oxygens (including phenoxy) is 1. The van der Waals surface area contributed by atoms with Crippen molar-refractivity contribution >= 4 is 11.4 Å². The lowest BCUT2D eigenvalue weighted by molar-refractivity contribution is 0.275. The van der Waals surface area contributed by atoms with Crippen molar-refractivity contribution in [1.29, 1.82) is 0 Å². The Hall–Kier alpha value is -2.68. The fourth-order valence-electron chi connectivity index (χ4n) is 2.62. The zero-order chi connectivity index (χ0) is 15.4. The molecule has 1 aliphatic rings. The fourth-order valence-corrected chi connectivity index (χ4v) is 2.62. The van der Waals surface area contributed by atoms with Gasteiger partial charge in [0.05, 0.1) is 12.9 Å². The van der Waals surface area contributed by atoms with E-state index in [9.17, 15) is 5.11 Å². The second-order valence-corrected chi connectivity index (χ2v) is 5.18. The summed E-state index contributed by atoms with van der Waals surface area (Å²) in [6, 6.07) is 17.5. The van der Waals surface area contributed by atoms with Gasteiger partial charge in [-0.3, -0.25) is 0 Å². The first kappa shape index (κ1) is 14.3. The molecule has 0 aliphatic heterocycles. The van der Waals surface area contributed by atoms with Crippen LogP contribution in [0.3, 0.4) is 0 Å². The molecule has 0 spiro atoms. The highest BCUT2D eigenvalue weighted by molar-refractivity contribution is 5.69. The highest BCUT2D eigenvalue weighted by Crippen LogP contribution is 2.34. The average Bonchev–Trinajstić information content (AvgIpc) is 2.58. The predicted octanol–water partition coefficient (Wildman–Crippen LogP) is 4.74. The lowest BCUT2D eigenvalue weighted by Gasteiger charge is -2.29. The minimum Gasteiger partial charge on any atom is -0.508 e. The van der Waals surface area contributed by atoms with Crippen molar-refractivity contribution in [3.05, 3.63) is 78.2 Å². The Morgan fingerprint density at radius 3 is 2.14 bits per heavy atom. The zero-order valence-corrected chi connectivity index (χ0v) is 12.6. The molecule has 0 fully saturated rings. The van der Waals surface area contributed by atoms with Crippen LogP contribution in [0.15, 0.2) is 78.2 Å². The third kappa shape index (κ3) is 2.98. The molecule has 0 aromatic heterocycles. The van der Waals surface area contributed by atoms with Gasteiger partial charge in [-0.1, -0.05) is 18.2 Å². The van der Waals surface area contributed by atoms with Crippen LogP contribution in [0.5, 0.6) is 5.75 Å². The molecule has 3 rings (SSSR count). The summed E-state index contributed by atoms with van der Waals surface area (Å²) >= 11 is 0. The molecule has 0 radical (unpaired) electrons. The summed E-state index contributed by atoms with van der Waals surface area (Å²) in [5.41, 5.74) is 3.34. The first-order valence-electron chi connectivity index (χ1n) is 7.36. The largest absolute Gasteiger partial charge is 0.508 e. The number of nitrogens with zero attached hydrogens (tertiary/aromatic N) is 1. The number of rotatable bonds is 4. The van der Waals surface area contributed by atoms with Gasteiger partial charge < -0.3 is 14.7 Å². The van der Waals surface area contributed by atoms with Crippen LogP contribution in [0.25, 0.3) is 0 Å². The quantitative estimate of drug-likeness (QED) is 0.884. The second kappa shape index (κ2) is 6.39. The molecule has 0 saturated carbocycles. The van der Waals surface area contributed by atoms with Crippen molar-refractivity contribution in [1.82, 2.24) is 0 Å². The van der Waals surface area contributed by atoms with Crippen molar-refractivity contribution in [2.24, 2.45) is 0 Å². The molecule has 1 N–H and O–H groups in total. The number of hydrogen-bond acceptors (Lipinski definition) is 3. The molecule has 2 aromatic carbocycles. The summed E-state index contributed by atoms with van der Waals surface area (Å²) in [6.45, 7) is 0. The number of aromatic hydroxyl groups is 1. The summed E-state index contributed by atoms with van der Waals surface area (Å²) in [7, 11) is 1.71. The normalized spacial score (nSPS) is 14.0. The Morgan fingerprint density at radius 1 is 0.864 bits per heavy atom. The van der Waals surface area contributed by atoms with Gasteiger partial charge >= 0.3 is 0 Å². The molecular formula is C19H19NO2. The van der Waals surface area contributed by atoms with Gasteiger partial charge in [0.15, 0.2) is 0 Å². The van der Waals surface area contributed by atoms with E-state index in [1.807, 2.05) is 36.4 Å². The predicted molar refractivity (Wildman–Crippen MR) is 89.1 cm³/mol. The molecule has 112 valence electrons. The van der Waals surface area contributed by atoms with Crippen LogP contribution in [0.4, 0.5) is 11.4 Å². The third-order valence-electron chi connectivity index (χ3n) is 3.76. The lowest BCUT2D eigenvalue weighted by atomic mass is 10.1. The van der Waals surface area contributed by atoms with E-state index < -0.39 is 0 Å². The molecule has 0 heterocycles. The smallest absolute Gasteiger partial charge is 0.115 e. The summed E-state index contributed by atoms with van der Waals surface area (Å²) < 4.78 is 5.31. The standard InChI is InChI=1S/C19H19NO2/c1-22-19-13-9-17(10-14-19)20(15-5-3-2-4-6-15)16-7-11-18(21)12-8-16/h2-9,11-13,21H,10,14H2,1H3. The molecule has 3 heteroatoms. The third-order valence-corrected chi connectivity index (χ3v) is 3.76. The maximum Gasteiger partial charge on any atom is 0.115 e. The van der Waals surface area contributed by atoms with Crippen LogP contribution in [0.1, 0.15) is 12.8 Å². The number of allylic oxidation sites excluding steroid dienone is 4. The van der Waals surface area contributed by atoms with Gasteiger partial charge in [0, 0.05) is 23.5 Å². The summed E-state index contributed by atoms with van der Waals surface area (Å²) in [5.74, 6) is 1.28.